The molecule has 1 aromatic heterocycles. The van der Waals surface area contributed by atoms with Gasteiger partial charge in [-0.1, -0.05) is 30.7 Å². The molecule has 0 amide bonds. The minimum absolute atomic E-state index is 0.627. The van der Waals surface area contributed by atoms with Gasteiger partial charge in [0.2, 0.25) is 0 Å². The third-order valence-electron chi connectivity index (χ3n) is 2.59. The number of halogens is 1. The van der Waals surface area contributed by atoms with Gasteiger partial charge < -0.3 is 5.11 Å². The van der Waals surface area contributed by atoms with E-state index in [1.807, 2.05) is 23.0 Å². The molecule has 0 aliphatic heterocycles. The van der Waals surface area contributed by atoms with Gasteiger partial charge in [-0.25, -0.2) is 0 Å². The van der Waals surface area contributed by atoms with Crippen molar-refractivity contribution in [2.45, 2.75) is 26.0 Å². The van der Waals surface area contributed by atoms with E-state index in [-0.39, 0.29) is 0 Å². The standard InChI is InChI=1S/C13H15ClN2O/c1-2-6-16-9-11(8-15-16)13(17)10-4-3-5-12(14)7-10/h3-5,7-9,13,17H,2,6H2,1H3. The summed E-state index contributed by atoms with van der Waals surface area (Å²) in [6.07, 6.45) is 3.92. The molecule has 2 rings (SSSR count). The van der Waals surface area contributed by atoms with Crippen LogP contribution < -0.4 is 0 Å². The second-order valence-electron chi connectivity index (χ2n) is 3.99. The van der Waals surface area contributed by atoms with E-state index in [1.165, 1.54) is 0 Å². The first-order valence-electron chi connectivity index (χ1n) is 5.66. The number of hydrogen-bond acceptors (Lipinski definition) is 2. The van der Waals surface area contributed by atoms with Crippen LogP contribution >= 0.6 is 11.6 Å². The van der Waals surface area contributed by atoms with Crippen LogP contribution in [0.1, 0.15) is 30.6 Å². The Morgan fingerprint density at radius 1 is 1.41 bits per heavy atom. The zero-order valence-electron chi connectivity index (χ0n) is 9.68. The minimum Gasteiger partial charge on any atom is -0.384 e. The van der Waals surface area contributed by atoms with Crippen LogP contribution in [0.15, 0.2) is 36.7 Å². The first-order valence-corrected chi connectivity index (χ1v) is 6.04. The van der Waals surface area contributed by atoms with Crippen molar-refractivity contribution in [1.82, 2.24) is 9.78 Å². The van der Waals surface area contributed by atoms with Crippen molar-refractivity contribution in [2.75, 3.05) is 0 Å². The second kappa shape index (κ2) is 5.34. The van der Waals surface area contributed by atoms with E-state index in [1.54, 1.807) is 18.3 Å². The van der Waals surface area contributed by atoms with E-state index in [0.717, 1.165) is 24.1 Å². The minimum atomic E-state index is -0.667. The van der Waals surface area contributed by atoms with E-state index < -0.39 is 6.10 Å². The predicted molar refractivity (Wildman–Crippen MR) is 68.0 cm³/mol. The van der Waals surface area contributed by atoms with Gasteiger partial charge in [0.05, 0.1) is 6.20 Å². The molecule has 0 saturated heterocycles. The van der Waals surface area contributed by atoms with Crippen molar-refractivity contribution < 1.29 is 5.11 Å². The van der Waals surface area contributed by atoms with E-state index in [2.05, 4.69) is 12.0 Å². The van der Waals surface area contributed by atoms with Gasteiger partial charge in [-0.05, 0) is 24.1 Å². The average Bonchev–Trinajstić information content (AvgIpc) is 2.77. The number of aryl methyl sites for hydroxylation is 1. The highest BCUT2D eigenvalue weighted by atomic mass is 35.5. The summed E-state index contributed by atoms with van der Waals surface area (Å²) in [7, 11) is 0. The third-order valence-corrected chi connectivity index (χ3v) is 2.82. The highest BCUT2D eigenvalue weighted by Crippen LogP contribution is 2.23. The summed E-state index contributed by atoms with van der Waals surface area (Å²) in [5, 5.41) is 15.0. The lowest BCUT2D eigenvalue weighted by Crippen LogP contribution is -1.99. The Bertz CT molecular complexity index is 496. The lowest BCUT2D eigenvalue weighted by atomic mass is 10.1. The van der Waals surface area contributed by atoms with Crippen LogP contribution in [-0.4, -0.2) is 14.9 Å². The number of hydrogen-bond donors (Lipinski definition) is 1. The smallest absolute Gasteiger partial charge is 0.107 e. The van der Waals surface area contributed by atoms with Crippen LogP contribution in [-0.2, 0) is 6.54 Å². The Labute approximate surface area is 106 Å². The van der Waals surface area contributed by atoms with E-state index in [0.29, 0.717) is 5.02 Å². The normalized spacial score (nSPS) is 12.6. The van der Waals surface area contributed by atoms with Crippen LogP contribution in [0.4, 0.5) is 0 Å². The molecule has 1 N–H and O–H groups in total. The van der Waals surface area contributed by atoms with Crippen molar-refractivity contribution in [1.29, 1.82) is 0 Å². The summed E-state index contributed by atoms with van der Waals surface area (Å²) in [5.41, 5.74) is 1.58. The fourth-order valence-electron chi connectivity index (χ4n) is 1.74. The average molecular weight is 251 g/mol. The van der Waals surface area contributed by atoms with Crippen LogP contribution in [0.25, 0.3) is 0 Å². The number of rotatable bonds is 4. The van der Waals surface area contributed by atoms with Crippen LogP contribution in [0.3, 0.4) is 0 Å². The summed E-state index contributed by atoms with van der Waals surface area (Å²) in [5.74, 6) is 0. The summed E-state index contributed by atoms with van der Waals surface area (Å²) in [6.45, 7) is 2.96. The molecule has 0 fully saturated rings. The molecule has 1 aromatic carbocycles. The van der Waals surface area contributed by atoms with E-state index in [9.17, 15) is 5.11 Å². The van der Waals surface area contributed by atoms with Crippen molar-refractivity contribution in [3.8, 4) is 0 Å². The number of aromatic nitrogens is 2. The molecule has 0 aliphatic rings. The molecule has 17 heavy (non-hydrogen) atoms. The maximum absolute atomic E-state index is 10.2. The van der Waals surface area contributed by atoms with Gasteiger partial charge in [-0.2, -0.15) is 5.10 Å². The molecular formula is C13H15ClN2O. The zero-order valence-corrected chi connectivity index (χ0v) is 10.4. The van der Waals surface area contributed by atoms with Crippen LogP contribution in [0, 0.1) is 0 Å². The van der Waals surface area contributed by atoms with Gasteiger partial charge in [-0.15, -0.1) is 0 Å². The molecule has 0 saturated carbocycles. The van der Waals surface area contributed by atoms with Gasteiger partial charge in [0.25, 0.3) is 0 Å². The fourth-order valence-corrected chi connectivity index (χ4v) is 1.94. The number of aliphatic hydroxyl groups is 1. The molecule has 1 heterocycles. The monoisotopic (exact) mass is 250 g/mol. The molecule has 0 radical (unpaired) electrons. The lowest BCUT2D eigenvalue weighted by Gasteiger charge is -2.08. The van der Waals surface area contributed by atoms with Crippen molar-refractivity contribution in [2.24, 2.45) is 0 Å². The maximum Gasteiger partial charge on any atom is 0.107 e. The third kappa shape index (κ3) is 2.87. The summed E-state index contributed by atoms with van der Waals surface area (Å²) >= 11 is 5.90. The van der Waals surface area contributed by atoms with Gasteiger partial charge in [0.1, 0.15) is 6.10 Å². The molecular weight excluding hydrogens is 236 g/mol. The Morgan fingerprint density at radius 2 is 2.24 bits per heavy atom. The Kier molecular flexibility index (Phi) is 3.82. The molecule has 90 valence electrons. The first kappa shape index (κ1) is 12.1. The molecule has 1 atom stereocenters. The van der Waals surface area contributed by atoms with Gasteiger partial charge in [0, 0.05) is 23.3 Å². The predicted octanol–water partition coefficient (Wildman–Crippen LogP) is 3.03. The number of nitrogens with zero attached hydrogens (tertiary/aromatic N) is 2. The lowest BCUT2D eigenvalue weighted by molar-refractivity contribution is 0.220. The Balaban J connectivity index is 2.21. The fraction of sp³-hybridized carbons (Fsp3) is 0.308. The topological polar surface area (TPSA) is 38.0 Å². The van der Waals surface area contributed by atoms with Crippen molar-refractivity contribution >= 4 is 11.6 Å². The molecule has 3 nitrogen and oxygen atoms in total. The molecule has 1 unspecified atom stereocenters. The largest absolute Gasteiger partial charge is 0.384 e. The Hall–Kier alpha value is -1.32. The highest BCUT2D eigenvalue weighted by Gasteiger charge is 2.12. The van der Waals surface area contributed by atoms with Crippen molar-refractivity contribution in [3.63, 3.8) is 0 Å². The van der Waals surface area contributed by atoms with E-state index >= 15 is 0 Å². The molecule has 0 bridgehead atoms. The van der Waals surface area contributed by atoms with Gasteiger partial charge in [0.15, 0.2) is 0 Å². The molecule has 4 heteroatoms. The van der Waals surface area contributed by atoms with Crippen LogP contribution in [0.5, 0.6) is 0 Å². The molecule has 0 spiro atoms. The summed E-state index contributed by atoms with van der Waals surface area (Å²) < 4.78 is 1.84. The highest BCUT2D eigenvalue weighted by molar-refractivity contribution is 6.30. The second-order valence-corrected chi connectivity index (χ2v) is 4.43. The van der Waals surface area contributed by atoms with Gasteiger partial charge in [-0.3, -0.25) is 4.68 Å². The van der Waals surface area contributed by atoms with Crippen molar-refractivity contribution in [3.05, 3.63) is 52.8 Å². The Morgan fingerprint density at radius 3 is 2.94 bits per heavy atom. The maximum atomic E-state index is 10.2. The molecule has 0 aliphatic carbocycles. The van der Waals surface area contributed by atoms with Gasteiger partial charge >= 0.3 is 0 Å². The molecule has 2 aromatic rings. The number of benzene rings is 1. The van der Waals surface area contributed by atoms with E-state index in [4.69, 9.17) is 11.6 Å². The SMILES string of the molecule is CCCn1cc(C(O)c2cccc(Cl)c2)cn1. The quantitative estimate of drug-likeness (QED) is 0.906. The zero-order chi connectivity index (χ0) is 12.3. The summed E-state index contributed by atoms with van der Waals surface area (Å²) in [6, 6.07) is 7.24. The first-order chi connectivity index (χ1) is 8.20. The van der Waals surface area contributed by atoms with Crippen LogP contribution in [0.2, 0.25) is 5.02 Å². The number of aliphatic hydroxyl groups excluding tert-OH is 1. The summed E-state index contributed by atoms with van der Waals surface area (Å²) in [4.78, 5) is 0.